The van der Waals surface area contributed by atoms with E-state index in [0.29, 0.717) is 18.9 Å². The number of thiol groups is 1. The topological polar surface area (TPSA) is 67.4 Å². The summed E-state index contributed by atoms with van der Waals surface area (Å²) in [4.78, 5) is 22.5. The van der Waals surface area contributed by atoms with E-state index in [2.05, 4.69) is 23.3 Å². The van der Waals surface area contributed by atoms with Crippen LogP contribution in [0.25, 0.3) is 0 Å². The summed E-state index contributed by atoms with van der Waals surface area (Å²) in [5, 5.41) is 5.31. The molecule has 0 bridgehead atoms. The van der Waals surface area contributed by atoms with Gasteiger partial charge < -0.3 is 15.4 Å². The van der Waals surface area contributed by atoms with Crippen LogP contribution in [0.15, 0.2) is 0 Å². The van der Waals surface area contributed by atoms with Crippen molar-refractivity contribution >= 4 is 24.4 Å². The lowest BCUT2D eigenvalue weighted by atomic mass is 10.3. The lowest BCUT2D eigenvalue weighted by Gasteiger charge is -2.15. The second kappa shape index (κ2) is 8.37. The van der Waals surface area contributed by atoms with Gasteiger partial charge in [0.15, 0.2) is 0 Å². The molecule has 0 heterocycles. The van der Waals surface area contributed by atoms with E-state index in [1.165, 1.54) is 19.8 Å². The van der Waals surface area contributed by atoms with Crippen molar-refractivity contribution in [2.75, 3.05) is 25.5 Å². The maximum absolute atomic E-state index is 11.6. The van der Waals surface area contributed by atoms with Gasteiger partial charge in [-0.2, -0.15) is 12.6 Å². The minimum atomic E-state index is -0.557. The van der Waals surface area contributed by atoms with E-state index in [9.17, 15) is 9.59 Å². The van der Waals surface area contributed by atoms with Crippen LogP contribution in [0.4, 0.5) is 0 Å². The standard InChI is InChI=1S/C12H22N2O3S/c1-9(15)14-11(8-18)12(16)13-5-2-6-17-7-10-3-4-10/h10-11,18H,2-8H2,1H3,(H,13,16)(H,14,15). The number of nitrogens with one attached hydrogen (secondary N) is 2. The summed E-state index contributed by atoms with van der Waals surface area (Å²) < 4.78 is 5.45. The predicted molar refractivity (Wildman–Crippen MR) is 72.6 cm³/mol. The first-order valence-corrected chi connectivity index (χ1v) is 7.00. The lowest BCUT2D eigenvalue weighted by Crippen LogP contribution is -2.47. The number of ether oxygens (including phenoxy) is 1. The Labute approximate surface area is 113 Å². The monoisotopic (exact) mass is 274 g/mol. The zero-order valence-corrected chi connectivity index (χ0v) is 11.7. The van der Waals surface area contributed by atoms with Gasteiger partial charge in [-0.05, 0) is 25.2 Å². The molecule has 1 aliphatic carbocycles. The molecule has 2 N–H and O–H groups in total. The summed E-state index contributed by atoms with van der Waals surface area (Å²) in [6.07, 6.45) is 3.37. The highest BCUT2D eigenvalue weighted by molar-refractivity contribution is 7.80. The Hall–Kier alpha value is -0.750. The van der Waals surface area contributed by atoms with Crippen LogP contribution in [0.2, 0.25) is 0 Å². The Morgan fingerprint density at radius 3 is 2.72 bits per heavy atom. The van der Waals surface area contributed by atoms with E-state index in [4.69, 9.17) is 4.74 Å². The van der Waals surface area contributed by atoms with Crippen LogP contribution in [0.1, 0.15) is 26.2 Å². The number of rotatable bonds is 9. The van der Waals surface area contributed by atoms with Crippen molar-refractivity contribution in [2.45, 2.75) is 32.2 Å². The maximum Gasteiger partial charge on any atom is 0.243 e. The van der Waals surface area contributed by atoms with Gasteiger partial charge in [-0.1, -0.05) is 0 Å². The molecular weight excluding hydrogens is 252 g/mol. The molecule has 1 atom stereocenters. The average molecular weight is 274 g/mol. The molecule has 1 rings (SSSR count). The fourth-order valence-electron chi connectivity index (χ4n) is 1.48. The summed E-state index contributed by atoms with van der Waals surface area (Å²) in [6.45, 7) is 3.46. The number of amides is 2. The zero-order chi connectivity index (χ0) is 13.4. The summed E-state index contributed by atoms with van der Waals surface area (Å²) in [5.41, 5.74) is 0. The van der Waals surface area contributed by atoms with Gasteiger partial charge in [-0.25, -0.2) is 0 Å². The van der Waals surface area contributed by atoms with E-state index in [-0.39, 0.29) is 11.8 Å². The van der Waals surface area contributed by atoms with Crippen molar-refractivity contribution < 1.29 is 14.3 Å². The molecule has 5 nitrogen and oxygen atoms in total. The highest BCUT2D eigenvalue weighted by Crippen LogP contribution is 2.28. The molecule has 1 unspecified atom stereocenters. The Balaban J connectivity index is 2.01. The molecule has 0 aromatic rings. The van der Waals surface area contributed by atoms with Crippen molar-refractivity contribution in [3.05, 3.63) is 0 Å². The lowest BCUT2D eigenvalue weighted by molar-refractivity contribution is -0.127. The normalized spacial score (nSPS) is 16.1. The van der Waals surface area contributed by atoms with Gasteiger partial charge in [0.1, 0.15) is 6.04 Å². The molecule has 0 saturated heterocycles. The van der Waals surface area contributed by atoms with Crippen LogP contribution in [-0.4, -0.2) is 43.4 Å². The van der Waals surface area contributed by atoms with Gasteiger partial charge in [-0.3, -0.25) is 9.59 Å². The van der Waals surface area contributed by atoms with E-state index in [0.717, 1.165) is 18.9 Å². The molecular formula is C12H22N2O3S. The SMILES string of the molecule is CC(=O)NC(CS)C(=O)NCCCOCC1CC1. The highest BCUT2D eigenvalue weighted by Gasteiger charge is 2.21. The Morgan fingerprint density at radius 2 is 2.17 bits per heavy atom. The summed E-state index contributed by atoms with van der Waals surface area (Å²) in [7, 11) is 0. The van der Waals surface area contributed by atoms with Crippen LogP contribution < -0.4 is 10.6 Å². The molecule has 104 valence electrons. The average Bonchev–Trinajstić information content (AvgIpc) is 3.13. The van der Waals surface area contributed by atoms with Crippen LogP contribution in [-0.2, 0) is 14.3 Å². The fourth-order valence-corrected chi connectivity index (χ4v) is 1.74. The first kappa shape index (κ1) is 15.3. The van der Waals surface area contributed by atoms with Crippen molar-refractivity contribution in [3.63, 3.8) is 0 Å². The molecule has 0 aromatic heterocycles. The molecule has 0 radical (unpaired) electrons. The second-order valence-electron chi connectivity index (χ2n) is 4.60. The van der Waals surface area contributed by atoms with Gasteiger partial charge in [0.25, 0.3) is 0 Å². The van der Waals surface area contributed by atoms with Crippen molar-refractivity contribution in [1.29, 1.82) is 0 Å². The third-order valence-corrected chi connectivity index (χ3v) is 3.06. The van der Waals surface area contributed by atoms with E-state index in [1.807, 2.05) is 0 Å². The smallest absolute Gasteiger partial charge is 0.243 e. The minimum absolute atomic E-state index is 0.192. The number of carbonyl (C=O) groups is 2. The maximum atomic E-state index is 11.6. The highest BCUT2D eigenvalue weighted by atomic mass is 32.1. The van der Waals surface area contributed by atoms with Crippen LogP contribution in [0.5, 0.6) is 0 Å². The first-order chi connectivity index (χ1) is 8.63. The molecule has 18 heavy (non-hydrogen) atoms. The predicted octanol–water partition coefficient (Wildman–Crippen LogP) is 0.354. The summed E-state index contributed by atoms with van der Waals surface area (Å²) in [6, 6.07) is -0.557. The first-order valence-electron chi connectivity index (χ1n) is 6.37. The quantitative estimate of drug-likeness (QED) is 0.420. The summed E-state index contributed by atoms with van der Waals surface area (Å²) in [5.74, 6) is 0.649. The van der Waals surface area contributed by atoms with E-state index < -0.39 is 6.04 Å². The Bertz CT molecular complexity index is 282. The van der Waals surface area contributed by atoms with Crippen LogP contribution >= 0.6 is 12.6 Å². The molecule has 2 amide bonds. The van der Waals surface area contributed by atoms with Gasteiger partial charge >= 0.3 is 0 Å². The zero-order valence-electron chi connectivity index (χ0n) is 10.8. The Morgan fingerprint density at radius 1 is 1.44 bits per heavy atom. The van der Waals surface area contributed by atoms with Gasteiger partial charge in [0.05, 0.1) is 0 Å². The summed E-state index contributed by atoms with van der Waals surface area (Å²) >= 11 is 4.04. The van der Waals surface area contributed by atoms with E-state index >= 15 is 0 Å². The molecule has 1 aliphatic rings. The molecule has 6 heteroatoms. The van der Waals surface area contributed by atoms with Gasteiger partial charge in [0.2, 0.25) is 11.8 Å². The van der Waals surface area contributed by atoms with Gasteiger partial charge in [-0.15, -0.1) is 0 Å². The molecule has 1 saturated carbocycles. The molecule has 0 spiro atoms. The Kier molecular flexibility index (Phi) is 7.12. The molecule has 0 aromatic carbocycles. The van der Waals surface area contributed by atoms with E-state index in [1.54, 1.807) is 0 Å². The third kappa shape index (κ3) is 6.86. The minimum Gasteiger partial charge on any atom is -0.381 e. The van der Waals surface area contributed by atoms with Crippen molar-refractivity contribution in [3.8, 4) is 0 Å². The molecule has 1 fully saturated rings. The van der Waals surface area contributed by atoms with Crippen LogP contribution in [0, 0.1) is 5.92 Å². The number of hydrogen-bond donors (Lipinski definition) is 3. The largest absolute Gasteiger partial charge is 0.381 e. The number of carbonyl (C=O) groups excluding carboxylic acids is 2. The van der Waals surface area contributed by atoms with Crippen LogP contribution in [0.3, 0.4) is 0 Å². The number of hydrogen-bond acceptors (Lipinski definition) is 4. The fraction of sp³-hybridized carbons (Fsp3) is 0.833. The molecule has 0 aliphatic heterocycles. The second-order valence-corrected chi connectivity index (χ2v) is 4.96. The van der Waals surface area contributed by atoms with Crippen molar-refractivity contribution in [2.24, 2.45) is 5.92 Å². The third-order valence-electron chi connectivity index (χ3n) is 2.69. The van der Waals surface area contributed by atoms with Crippen molar-refractivity contribution in [1.82, 2.24) is 10.6 Å². The van der Waals surface area contributed by atoms with Gasteiger partial charge in [0, 0.05) is 32.4 Å².